The first-order valence-corrected chi connectivity index (χ1v) is 9.03. The molecule has 0 atom stereocenters. The molecule has 0 saturated carbocycles. The zero-order valence-electron chi connectivity index (χ0n) is 16.4. The van der Waals surface area contributed by atoms with Gasteiger partial charge in [0.1, 0.15) is 5.69 Å². The highest BCUT2D eigenvalue weighted by Crippen LogP contribution is 2.47. The summed E-state index contributed by atoms with van der Waals surface area (Å²) in [6.07, 6.45) is 4.48. The number of carbonyl (C=O) groups excluding carboxylic acids is 1. The number of aryl methyl sites for hydroxylation is 1. The molecule has 1 aromatic carbocycles. The fraction of sp³-hybridized carbons (Fsp3) is 0.429. The van der Waals surface area contributed by atoms with Gasteiger partial charge in [-0.25, -0.2) is 14.8 Å². The maximum Gasteiger partial charge on any atom is 0.356 e. The molecule has 0 aliphatic heterocycles. The second kappa shape index (κ2) is 6.44. The van der Waals surface area contributed by atoms with Gasteiger partial charge in [-0.2, -0.15) is 0 Å². The maximum absolute atomic E-state index is 12.5. The van der Waals surface area contributed by atoms with Gasteiger partial charge in [0.2, 0.25) is 0 Å². The largest absolute Gasteiger partial charge is 0.476 e. The summed E-state index contributed by atoms with van der Waals surface area (Å²) in [4.78, 5) is 31.1. The summed E-state index contributed by atoms with van der Waals surface area (Å²) >= 11 is 0. The van der Waals surface area contributed by atoms with Gasteiger partial charge in [-0.05, 0) is 53.4 Å². The van der Waals surface area contributed by atoms with Gasteiger partial charge in [-0.3, -0.25) is 4.79 Å². The van der Waals surface area contributed by atoms with Crippen LogP contribution < -0.4 is 5.32 Å². The number of fused-ring (bicyclic) bond motifs is 1. The standard InChI is InChI=1S/C21H25N3O3/c1-12-8-13-14(21(4,5)7-6-20(13,2)3)9-15(12)24-18(25)16-10-23-17(11-22-16)19(26)27/h8-11H,6-7H2,1-5H3,(H,24,25)(H,26,27). The zero-order valence-corrected chi connectivity index (χ0v) is 16.4. The Labute approximate surface area is 159 Å². The topological polar surface area (TPSA) is 92.2 Å². The fourth-order valence-corrected chi connectivity index (χ4v) is 3.60. The Bertz CT molecular complexity index is 915. The number of nitrogens with zero attached hydrogens (tertiary/aromatic N) is 2. The first-order valence-electron chi connectivity index (χ1n) is 9.03. The average molecular weight is 367 g/mol. The SMILES string of the molecule is Cc1cc2c(cc1NC(=O)c1cnc(C(=O)O)cn1)C(C)(C)CCC2(C)C. The summed E-state index contributed by atoms with van der Waals surface area (Å²) in [6, 6.07) is 4.24. The lowest BCUT2D eigenvalue weighted by atomic mass is 9.63. The highest BCUT2D eigenvalue weighted by molar-refractivity contribution is 6.03. The second-order valence-electron chi connectivity index (χ2n) is 8.53. The molecule has 0 radical (unpaired) electrons. The van der Waals surface area contributed by atoms with Gasteiger partial charge in [0.15, 0.2) is 5.69 Å². The van der Waals surface area contributed by atoms with E-state index >= 15 is 0 Å². The van der Waals surface area contributed by atoms with E-state index in [-0.39, 0.29) is 22.2 Å². The number of hydrogen-bond donors (Lipinski definition) is 2. The van der Waals surface area contributed by atoms with Crippen LogP contribution in [0.3, 0.4) is 0 Å². The molecule has 0 bridgehead atoms. The van der Waals surface area contributed by atoms with Crippen LogP contribution in [0.15, 0.2) is 24.5 Å². The molecule has 3 rings (SSSR count). The van der Waals surface area contributed by atoms with Gasteiger partial charge in [0, 0.05) is 5.69 Å². The Kier molecular flexibility index (Phi) is 4.54. The number of anilines is 1. The third kappa shape index (κ3) is 3.56. The van der Waals surface area contributed by atoms with E-state index in [0.29, 0.717) is 0 Å². The molecule has 0 saturated heterocycles. The van der Waals surface area contributed by atoms with Gasteiger partial charge < -0.3 is 10.4 Å². The third-order valence-corrected chi connectivity index (χ3v) is 5.55. The molecule has 1 aromatic heterocycles. The van der Waals surface area contributed by atoms with Crippen molar-refractivity contribution in [3.05, 3.63) is 52.6 Å². The molecule has 6 heteroatoms. The molecule has 27 heavy (non-hydrogen) atoms. The van der Waals surface area contributed by atoms with E-state index in [1.807, 2.05) is 6.92 Å². The van der Waals surface area contributed by atoms with Crippen LogP contribution >= 0.6 is 0 Å². The van der Waals surface area contributed by atoms with Crippen molar-refractivity contribution in [3.63, 3.8) is 0 Å². The quantitative estimate of drug-likeness (QED) is 0.852. The van der Waals surface area contributed by atoms with Crippen molar-refractivity contribution >= 4 is 17.6 Å². The van der Waals surface area contributed by atoms with Gasteiger partial charge in [0.05, 0.1) is 12.4 Å². The number of benzene rings is 1. The Morgan fingerprint density at radius 1 is 0.963 bits per heavy atom. The average Bonchev–Trinajstić information content (AvgIpc) is 2.60. The highest BCUT2D eigenvalue weighted by atomic mass is 16.4. The number of carboxylic acid groups (broad SMARTS) is 1. The Morgan fingerprint density at radius 2 is 1.48 bits per heavy atom. The summed E-state index contributed by atoms with van der Waals surface area (Å²) in [5.74, 6) is -1.58. The molecule has 2 N–H and O–H groups in total. The summed E-state index contributed by atoms with van der Waals surface area (Å²) in [7, 11) is 0. The number of aromatic nitrogens is 2. The van der Waals surface area contributed by atoms with Crippen molar-refractivity contribution < 1.29 is 14.7 Å². The minimum absolute atomic E-state index is 0.0426. The predicted molar refractivity (Wildman–Crippen MR) is 103 cm³/mol. The minimum Gasteiger partial charge on any atom is -0.476 e. The van der Waals surface area contributed by atoms with E-state index in [1.165, 1.54) is 17.3 Å². The predicted octanol–water partition coefficient (Wildman–Crippen LogP) is 4.08. The van der Waals surface area contributed by atoms with Crippen molar-refractivity contribution in [2.24, 2.45) is 0 Å². The van der Waals surface area contributed by atoms with E-state index in [0.717, 1.165) is 30.3 Å². The van der Waals surface area contributed by atoms with Gasteiger partial charge in [-0.15, -0.1) is 0 Å². The number of aromatic carboxylic acids is 1. The number of carboxylic acids is 1. The molecule has 0 unspecified atom stereocenters. The Hall–Kier alpha value is -2.76. The van der Waals surface area contributed by atoms with Crippen LogP contribution in [0.4, 0.5) is 5.69 Å². The molecule has 1 heterocycles. The van der Waals surface area contributed by atoms with Crippen LogP contribution in [0.2, 0.25) is 0 Å². The summed E-state index contributed by atoms with van der Waals surface area (Å²) in [5, 5.41) is 11.8. The van der Waals surface area contributed by atoms with Crippen LogP contribution in [-0.2, 0) is 10.8 Å². The first-order chi connectivity index (χ1) is 12.5. The normalized spacial score (nSPS) is 17.1. The summed E-state index contributed by atoms with van der Waals surface area (Å²) < 4.78 is 0. The zero-order chi connectivity index (χ0) is 20.0. The van der Waals surface area contributed by atoms with Crippen LogP contribution in [-0.4, -0.2) is 27.0 Å². The van der Waals surface area contributed by atoms with Gasteiger partial charge in [-0.1, -0.05) is 33.8 Å². The number of rotatable bonds is 3. The molecule has 0 spiro atoms. The van der Waals surface area contributed by atoms with E-state index in [4.69, 9.17) is 5.11 Å². The number of hydrogen-bond acceptors (Lipinski definition) is 4. The maximum atomic E-state index is 12.5. The van der Waals surface area contributed by atoms with Crippen LogP contribution in [0, 0.1) is 6.92 Å². The number of amides is 1. The van der Waals surface area contributed by atoms with E-state index < -0.39 is 11.9 Å². The first kappa shape index (κ1) is 19.0. The lowest BCUT2D eigenvalue weighted by Gasteiger charge is -2.42. The van der Waals surface area contributed by atoms with Crippen molar-refractivity contribution in [2.45, 2.75) is 58.3 Å². The van der Waals surface area contributed by atoms with Crippen LogP contribution in [0.1, 0.15) is 78.2 Å². The molecule has 1 amide bonds. The molecule has 2 aromatic rings. The van der Waals surface area contributed by atoms with E-state index in [2.05, 4.69) is 55.1 Å². The van der Waals surface area contributed by atoms with Crippen molar-refractivity contribution in [1.82, 2.24) is 9.97 Å². The number of nitrogens with one attached hydrogen (secondary N) is 1. The molecule has 142 valence electrons. The van der Waals surface area contributed by atoms with Crippen molar-refractivity contribution in [1.29, 1.82) is 0 Å². The van der Waals surface area contributed by atoms with Gasteiger partial charge in [0.25, 0.3) is 5.91 Å². The van der Waals surface area contributed by atoms with Gasteiger partial charge >= 0.3 is 5.97 Å². The minimum atomic E-state index is -1.18. The van der Waals surface area contributed by atoms with Crippen LogP contribution in [0.5, 0.6) is 0 Å². The molecule has 1 aliphatic rings. The molecular formula is C21H25N3O3. The lowest BCUT2D eigenvalue weighted by Crippen LogP contribution is -2.34. The Balaban J connectivity index is 1.94. The summed E-state index contributed by atoms with van der Waals surface area (Å²) in [6.45, 7) is 11.0. The smallest absolute Gasteiger partial charge is 0.356 e. The van der Waals surface area contributed by atoms with Crippen molar-refractivity contribution in [2.75, 3.05) is 5.32 Å². The monoisotopic (exact) mass is 367 g/mol. The van der Waals surface area contributed by atoms with Crippen LogP contribution in [0.25, 0.3) is 0 Å². The molecule has 0 fully saturated rings. The molecular weight excluding hydrogens is 342 g/mol. The Morgan fingerprint density at radius 3 is 2.00 bits per heavy atom. The molecule has 6 nitrogen and oxygen atoms in total. The lowest BCUT2D eigenvalue weighted by molar-refractivity contribution is 0.0689. The third-order valence-electron chi connectivity index (χ3n) is 5.55. The van der Waals surface area contributed by atoms with E-state index in [1.54, 1.807) is 0 Å². The highest BCUT2D eigenvalue weighted by Gasteiger charge is 2.37. The van der Waals surface area contributed by atoms with E-state index in [9.17, 15) is 9.59 Å². The fourth-order valence-electron chi connectivity index (χ4n) is 3.60. The molecule has 1 aliphatic carbocycles. The second-order valence-corrected chi connectivity index (χ2v) is 8.53. The van der Waals surface area contributed by atoms with Crippen molar-refractivity contribution in [3.8, 4) is 0 Å². The number of carbonyl (C=O) groups is 2. The summed E-state index contributed by atoms with van der Waals surface area (Å²) in [5.41, 5.74) is 4.36.